The summed E-state index contributed by atoms with van der Waals surface area (Å²) in [4.78, 5) is 16.0. The number of benzene rings is 1. The van der Waals surface area contributed by atoms with Crippen LogP contribution in [0.5, 0.6) is 5.88 Å². The lowest BCUT2D eigenvalue weighted by Gasteiger charge is -2.15. The van der Waals surface area contributed by atoms with Crippen molar-refractivity contribution >= 4 is 21.7 Å². The fraction of sp³-hybridized carbons (Fsp3) is 0.294. The van der Waals surface area contributed by atoms with E-state index in [1.54, 1.807) is 0 Å². The fourth-order valence-electron chi connectivity index (χ4n) is 2.06. The maximum Gasteiger partial charge on any atom is 0.417 e. The molecule has 0 aliphatic rings. The molecular weight excluding hydrogens is 431 g/mol. The Balaban J connectivity index is 2.02. The van der Waals surface area contributed by atoms with Gasteiger partial charge in [-0.15, -0.1) is 0 Å². The molecule has 0 spiro atoms. The second kappa shape index (κ2) is 9.84. The van der Waals surface area contributed by atoms with Crippen LogP contribution in [0.3, 0.4) is 0 Å². The van der Waals surface area contributed by atoms with Gasteiger partial charge >= 0.3 is 6.18 Å². The number of hydrogen-bond acceptors (Lipinski definition) is 7. The number of hydrogen-bond donors (Lipinski definition) is 4. The van der Waals surface area contributed by atoms with Gasteiger partial charge in [-0.1, -0.05) is 6.07 Å². The first-order valence-electron chi connectivity index (χ1n) is 8.39. The molecule has 2 rings (SSSR count). The topological polar surface area (TPSA) is 138 Å². The minimum Gasteiger partial charge on any atom is -0.474 e. The van der Waals surface area contributed by atoms with E-state index < -0.39 is 34.8 Å². The molecule has 4 N–H and O–H groups in total. The predicted octanol–water partition coefficient (Wildman–Crippen LogP) is 0.906. The normalized spacial score (nSPS) is 13.0. The van der Waals surface area contributed by atoms with Gasteiger partial charge in [0.1, 0.15) is 12.4 Å². The van der Waals surface area contributed by atoms with Crippen LogP contribution >= 0.6 is 0 Å². The van der Waals surface area contributed by atoms with Gasteiger partial charge in [0.25, 0.3) is 5.91 Å². The van der Waals surface area contributed by atoms with Gasteiger partial charge in [-0.2, -0.15) is 18.2 Å². The lowest BCUT2D eigenvalue weighted by atomic mass is 10.2. The van der Waals surface area contributed by atoms with Gasteiger partial charge in [0.05, 0.1) is 11.5 Å². The summed E-state index contributed by atoms with van der Waals surface area (Å²) in [5.41, 5.74) is 0.0942. The van der Waals surface area contributed by atoms with Gasteiger partial charge in [0, 0.05) is 18.2 Å². The molecule has 0 aliphatic carbocycles. The maximum atomic E-state index is 12.3. The Kier molecular flexibility index (Phi) is 7.72. The largest absolute Gasteiger partial charge is 0.474 e. The van der Waals surface area contributed by atoms with Crippen LogP contribution in [0.15, 0.2) is 47.4 Å². The van der Waals surface area contributed by atoms with Crippen molar-refractivity contribution in [3.8, 4) is 5.88 Å². The molecule has 0 radical (unpaired) electrons. The van der Waals surface area contributed by atoms with Crippen molar-refractivity contribution in [1.82, 2.24) is 9.71 Å². The zero-order valence-electron chi connectivity index (χ0n) is 15.3. The number of carbonyl (C=O) groups excluding carboxylic acids is 1. The number of nitrogens with one attached hydrogen (secondary N) is 2. The first-order chi connectivity index (χ1) is 14.0. The Bertz CT molecular complexity index is 967. The van der Waals surface area contributed by atoms with Crippen molar-refractivity contribution in [1.29, 1.82) is 0 Å². The summed E-state index contributed by atoms with van der Waals surface area (Å²) in [5, 5.41) is 20.0. The summed E-state index contributed by atoms with van der Waals surface area (Å²) < 4.78 is 67.7. The monoisotopic (exact) mass is 449 g/mol. The molecule has 9 nitrogen and oxygen atoms in total. The van der Waals surface area contributed by atoms with E-state index in [4.69, 9.17) is 14.9 Å². The third-order valence-corrected chi connectivity index (χ3v) is 5.04. The number of halogens is 3. The molecule has 0 saturated heterocycles. The fourth-order valence-corrected chi connectivity index (χ4v) is 3.08. The molecule has 164 valence electrons. The smallest absolute Gasteiger partial charge is 0.417 e. The summed E-state index contributed by atoms with van der Waals surface area (Å²) in [6, 6.07) is 8.88. The minimum absolute atomic E-state index is 0.0275. The number of amides is 1. The summed E-state index contributed by atoms with van der Waals surface area (Å²) in [6.07, 6.45) is -7.52. The van der Waals surface area contributed by atoms with Gasteiger partial charge in [-0.25, -0.2) is 13.1 Å². The lowest BCUT2D eigenvalue weighted by Crippen LogP contribution is -2.34. The van der Waals surface area contributed by atoms with E-state index in [-0.39, 0.29) is 35.3 Å². The van der Waals surface area contributed by atoms with Crippen LogP contribution < -0.4 is 14.8 Å². The number of aliphatic hydroxyl groups is 2. The number of ether oxygens (including phenoxy) is 1. The van der Waals surface area contributed by atoms with Crippen LogP contribution in [0.4, 0.5) is 19.0 Å². The molecule has 1 amide bonds. The Morgan fingerprint density at radius 2 is 1.83 bits per heavy atom. The third kappa shape index (κ3) is 6.66. The van der Waals surface area contributed by atoms with Gasteiger partial charge in [-0.05, 0) is 30.3 Å². The highest BCUT2D eigenvalue weighted by molar-refractivity contribution is 7.89. The minimum atomic E-state index is -4.83. The Labute approximate surface area is 169 Å². The number of rotatable bonds is 9. The highest BCUT2D eigenvalue weighted by atomic mass is 32.2. The van der Waals surface area contributed by atoms with Crippen molar-refractivity contribution in [2.75, 3.05) is 25.1 Å². The molecule has 13 heteroatoms. The van der Waals surface area contributed by atoms with Gasteiger partial charge in [0.15, 0.2) is 6.10 Å². The van der Waals surface area contributed by atoms with E-state index in [2.05, 4.69) is 15.0 Å². The molecule has 1 heterocycles. The average molecular weight is 449 g/mol. The van der Waals surface area contributed by atoms with Crippen molar-refractivity contribution in [2.45, 2.75) is 17.2 Å². The molecule has 1 aromatic carbocycles. The molecule has 0 saturated carbocycles. The van der Waals surface area contributed by atoms with Gasteiger partial charge in [0.2, 0.25) is 15.9 Å². The van der Waals surface area contributed by atoms with E-state index in [1.165, 1.54) is 42.5 Å². The predicted molar refractivity (Wildman–Crippen MR) is 98.5 cm³/mol. The Morgan fingerprint density at radius 1 is 1.17 bits per heavy atom. The average Bonchev–Trinajstić information content (AvgIpc) is 2.70. The van der Waals surface area contributed by atoms with Crippen LogP contribution in [0.1, 0.15) is 10.4 Å². The van der Waals surface area contributed by atoms with E-state index in [1.807, 2.05) is 0 Å². The number of anilines is 1. The summed E-state index contributed by atoms with van der Waals surface area (Å²) in [5.74, 6) is -0.921. The Morgan fingerprint density at radius 3 is 2.43 bits per heavy atom. The van der Waals surface area contributed by atoms with Crippen LogP contribution in [-0.2, 0) is 10.0 Å². The summed E-state index contributed by atoms with van der Waals surface area (Å²) in [7, 11) is -3.82. The standard InChI is InChI=1S/C17H18F3N3O6S/c18-17(19,20)13(25)10-29-15-3-1-2-14(22-15)23-16(26)11-4-6-12(7-5-11)30(27,28)21-8-9-24/h1-7,13,21,24-25H,8-10H2,(H,22,23,26). The molecule has 0 fully saturated rings. The number of aromatic nitrogens is 1. The summed E-state index contributed by atoms with van der Waals surface area (Å²) in [6.45, 7) is -1.59. The number of alkyl halides is 3. The van der Waals surface area contributed by atoms with E-state index in [0.29, 0.717) is 0 Å². The molecule has 30 heavy (non-hydrogen) atoms. The molecule has 1 atom stereocenters. The van der Waals surface area contributed by atoms with Gasteiger partial charge in [-0.3, -0.25) is 4.79 Å². The van der Waals surface area contributed by atoms with Crippen molar-refractivity contribution in [3.05, 3.63) is 48.0 Å². The number of aliphatic hydroxyl groups excluding tert-OH is 2. The van der Waals surface area contributed by atoms with Crippen molar-refractivity contribution in [2.24, 2.45) is 0 Å². The number of nitrogens with zero attached hydrogens (tertiary/aromatic N) is 1. The molecule has 1 aromatic heterocycles. The molecule has 2 aromatic rings. The van der Waals surface area contributed by atoms with Crippen molar-refractivity contribution < 1.29 is 41.3 Å². The molecular formula is C17H18F3N3O6S. The second-order valence-corrected chi connectivity index (χ2v) is 7.60. The second-order valence-electron chi connectivity index (χ2n) is 5.83. The van der Waals surface area contributed by atoms with E-state index >= 15 is 0 Å². The van der Waals surface area contributed by atoms with Crippen LogP contribution in [0.2, 0.25) is 0 Å². The molecule has 0 aliphatic heterocycles. The number of carbonyl (C=O) groups is 1. The molecule has 1 unspecified atom stereocenters. The zero-order chi connectivity index (χ0) is 22.4. The first kappa shape index (κ1) is 23.5. The highest BCUT2D eigenvalue weighted by Crippen LogP contribution is 2.21. The maximum absolute atomic E-state index is 12.3. The van der Waals surface area contributed by atoms with E-state index in [0.717, 1.165) is 0 Å². The van der Waals surface area contributed by atoms with Crippen LogP contribution in [-0.4, -0.2) is 61.6 Å². The SMILES string of the molecule is O=C(Nc1cccc(OCC(O)C(F)(F)F)n1)c1ccc(S(=O)(=O)NCCO)cc1. The van der Waals surface area contributed by atoms with E-state index in [9.17, 15) is 26.4 Å². The first-order valence-corrected chi connectivity index (χ1v) is 9.88. The van der Waals surface area contributed by atoms with Crippen LogP contribution in [0, 0.1) is 0 Å². The molecule has 0 bridgehead atoms. The third-order valence-electron chi connectivity index (χ3n) is 3.56. The Hall–Kier alpha value is -2.74. The summed E-state index contributed by atoms with van der Waals surface area (Å²) >= 11 is 0. The van der Waals surface area contributed by atoms with Gasteiger partial charge < -0.3 is 20.3 Å². The number of sulfonamides is 1. The van der Waals surface area contributed by atoms with Crippen LogP contribution in [0.25, 0.3) is 0 Å². The number of pyridine rings is 1. The highest BCUT2D eigenvalue weighted by Gasteiger charge is 2.38. The lowest BCUT2D eigenvalue weighted by molar-refractivity contribution is -0.210. The van der Waals surface area contributed by atoms with Crippen molar-refractivity contribution in [3.63, 3.8) is 0 Å². The quantitative estimate of drug-likeness (QED) is 0.446. The zero-order valence-corrected chi connectivity index (χ0v) is 16.1.